The topological polar surface area (TPSA) is 37.8 Å². The number of aromatic nitrogens is 2. The molecule has 3 nitrogen and oxygen atoms in total. The summed E-state index contributed by atoms with van der Waals surface area (Å²) in [7, 11) is 0. The summed E-state index contributed by atoms with van der Waals surface area (Å²) in [5, 5.41) is 3.50. The molecule has 0 spiro atoms. The van der Waals surface area contributed by atoms with Gasteiger partial charge in [-0.3, -0.25) is 0 Å². The first kappa shape index (κ1) is 10.4. The van der Waals surface area contributed by atoms with Gasteiger partial charge in [-0.15, -0.1) is 0 Å². The number of thioether (sulfide) groups is 1. The Morgan fingerprint density at radius 2 is 2.43 bits per heavy atom. The molecule has 1 N–H and O–H groups in total. The Morgan fingerprint density at radius 3 is 3.07 bits per heavy atom. The van der Waals surface area contributed by atoms with Crippen molar-refractivity contribution >= 4 is 23.3 Å². The van der Waals surface area contributed by atoms with Crippen LogP contribution in [0.5, 0.6) is 0 Å². The Balaban J connectivity index is 1.53. The Morgan fingerprint density at radius 1 is 1.57 bits per heavy atom. The maximum atomic E-state index is 4.31. The molecular formula is C9H15N3S2. The molecule has 0 aliphatic heterocycles. The van der Waals surface area contributed by atoms with Crippen molar-refractivity contribution < 1.29 is 0 Å². The lowest BCUT2D eigenvalue weighted by Crippen LogP contribution is -2.17. The number of hydrogen-bond acceptors (Lipinski definition) is 5. The molecule has 5 heteroatoms. The largest absolute Gasteiger partial charge is 0.314 e. The Hall–Kier alpha value is -0.130. The Bertz CT molecular complexity index is 283. The number of aryl methyl sites for hydroxylation is 1. The fourth-order valence-corrected chi connectivity index (χ4v) is 2.82. The van der Waals surface area contributed by atoms with Crippen LogP contribution in [0, 0.1) is 6.92 Å². The lowest BCUT2D eigenvalue weighted by molar-refractivity contribution is 0.674. The minimum atomic E-state index is 0.837. The number of nitrogens with one attached hydrogen (secondary N) is 1. The van der Waals surface area contributed by atoms with Crippen LogP contribution in [0.15, 0.2) is 4.34 Å². The zero-order valence-electron chi connectivity index (χ0n) is 8.32. The van der Waals surface area contributed by atoms with E-state index < -0.39 is 0 Å². The number of rotatable bonds is 6. The smallest absolute Gasteiger partial charge is 0.170 e. The van der Waals surface area contributed by atoms with E-state index in [4.69, 9.17) is 0 Å². The van der Waals surface area contributed by atoms with Crippen LogP contribution in [0.4, 0.5) is 0 Å². The summed E-state index contributed by atoms with van der Waals surface area (Å²) in [6, 6.07) is 0.837. The van der Waals surface area contributed by atoms with E-state index in [9.17, 15) is 0 Å². The quantitative estimate of drug-likeness (QED) is 0.599. The predicted octanol–water partition coefficient (Wildman–Crippen LogP) is 2.08. The molecule has 14 heavy (non-hydrogen) atoms. The summed E-state index contributed by atoms with van der Waals surface area (Å²) in [6.45, 7) is 3.09. The van der Waals surface area contributed by atoms with Gasteiger partial charge in [0.15, 0.2) is 4.34 Å². The normalized spacial score (nSPS) is 16.1. The predicted molar refractivity (Wildman–Crippen MR) is 61.0 cm³/mol. The molecule has 2 rings (SSSR count). The molecule has 0 amide bonds. The average molecular weight is 229 g/mol. The van der Waals surface area contributed by atoms with Gasteiger partial charge in [0.25, 0.3) is 0 Å². The van der Waals surface area contributed by atoms with Crippen molar-refractivity contribution in [2.45, 2.75) is 36.6 Å². The molecule has 0 atom stereocenters. The molecular weight excluding hydrogens is 214 g/mol. The summed E-state index contributed by atoms with van der Waals surface area (Å²) in [5.74, 6) is 2.04. The Kier molecular flexibility index (Phi) is 3.78. The van der Waals surface area contributed by atoms with Crippen LogP contribution in [0.1, 0.15) is 25.1 Å². The van der Waals surface area contributed by atoms with E-state index in [-0.39, 0.29) is 0 Å². The SMILES string of the molecule is Cc1nsc(SCCCNC2CC2)n1. The van der Waals surface area contributed by atoms with Crippen LogP contribution < -0.4 is 5.32 Å². The molecule has 0 bridgehead atoms. The first-order chi connectivity index (χ1) is 6.84. The molecule has 1 heterocycles. The van der Waals surface area contributed by atoms with Gasteiger partial charge in [-0.2, -0.15) is 4.37 Å². The van der Waals surface area contributed by atoms with E-state index in [1.807, 2.05) is 18.7 Å². The van der Waals surface area contributed by atoms with Gasteiger partial charge < -0.3 is 5.32 Å². The van der Waals surface area contributed by atoms with Crippen LogP contribution in [0.2, 0.25) is 0 Å². The molecule has 1 fully saturated rings. The van der Waals surface area contributed by atoms with Gasteiger partial charge in [0.1, 0.15) is 5.82 Å². The maximum Gasteiger partial charge on any atom is 0.170 e. The summed E-state index contributed by atoms with van der Waals surface area (Å²) < 4.78 is 5.25. The monoisotopic (exact) mass is 229 g/mol. The van der Waals surface area contributed by atoms with E-state index >= 15 is 0 Å². The average Bonchev–Trinajstić information content (AvgIpc) is 2.89. The fraction of sp³-hybridized carbons (Fsp3) is 0.778. The van der Waals surface area contributed by atoms with Crippen molar-refractivity contribution in [3.8, 4) is 0 Å². The summed E-state index contributed by atoms with van der Waals surface area (Å²) in [4.78, 5) is 4.31. The third-order valence-electron chi connectivity index (χ3n) is 2.07. The standard InChI is InChI=1S/C9H15N3S2/c1-7-11-9(14-12-7)13-6-2-5-10-8-3-4-8/h8,10H,2-6H2,1H3. The van der Waals surface area contributed by atoms with Crippen molar-refractivity contribution in [2.24, 2.45) is 0 Å². The third kappa shape index (κ3) is 3.55. The second kappa shape index (κ2) is 5.09. The van der Waals surface area contributed by atoms with Gasteiger partial charge in [0.2, 0.25) is 0 Å². The van der Waals surface area contributed by atoms with Crippen LogP contribution >= 0.6 is 23.3 Å². The van der Waals surface area contributed by atoms with E-state index in [2.05, 4.69) is 14.7 Å². The van der Waals surface area contributed by atoms with Crippen LogP contribution in [-0.4, -0.2) is 27.7 Å². The number of hydrogen-bond donors (Lipinski definition) is 1. The minimum Gasteiger partial charge on any atom is -0.314 e. The second-order valence-electron chi connectivity index (χ2n) is 3.54. The lowest BCUT2D eigenvalue weighted by atomic mass is 10.5. The molecule has 1 aromatic heterocycles. The molecule has 1 aliphatic rings. The molecule has 1 aromatic rings. The van der Waals surface area contributed by atoms with Crippen molar-refractivity contribution in [3.05, 3.63) is 5.82 Å². The van der Waals surface area contributed by atoms with Gasteiger partial charge >= 0.3 is 0 Å². The molecule has 0 radical (unpaired) electrons. The molecule has 0 unspecified atom stereocenters. The molecule has 1 saturated carbocycles. The molecule has 1 aliphatic carbocycles. The summed E-state index contributed by atoms with van der Waals surface area (Å²) in [5.41, 5.74) is 0. The van der Waals surface area contributed by atoms with E-state index in [0.717, 1.165) is 28.5 Å². The molecule has 78 valence electrons. The summed E-state index contributed by atoms with van der Waals surface area (Å²) in [6.07, 6.45) is 3.98. The fourth-order valence-electron chi connectivity index (χ4n) is 1.16. The first-order valence-electron chi connectivity index (χ1n) is 5.01. The van der Waals surface area contributed by atoms with E-state index in [1.54, 1.807) is 0 Å². The third-order valence-corrected chi connectivity index (χ3v) is 4.08. The van der Waals surface area contributed by atoms with Gasteiger partial charge in [-0.1, -0.05) is 11.8 Å². The molecule has 0 saturated heterocycles. The lowest BCUT2D eigenvalue weighted by Gasteiger charge is -2.00. The highest BCUT2D eigenvalue weighted by Gasteiger charge is 2.19. The Labute approximate surface area is 92.9 Å². The van der Waals surface area contributed by atoms with Gasteiger partial charge in [-0.05, 0) is 44.3 Å². The van der Waals surface area contributed by atoms with Gasteiger partial charge in [-0.25, -0.2) is 4.98 Å². The highest BCUT2D eigenvalue weighted by molar-refractivity contribution is 8.00. The van der Waals surface area contributed by atoms with Crippen LogP contribution in [0.3, 0.4) is 0 Å². The zero-order chi connectivity index (χ0) is 9.80. The van der Waals surface area contributed by atoms with Crippen LogP contribution in [-0.2, 0) is 0 Å². The minimum absolute atomic E-state index is 0.837. The van der Waals surface area contributed by atoms with Crippen molar-refractivity contribution in [1.82, 2.24) is 14.7 Å². The van der Waals surface area contributed by atoms with Gasteiger partial charge in [0.05, 0.1) is 0 Å². The highest BCUT2D eigenvalue weighted by Crippen LogP contribution is 2.21. The van der Waals surface area contributed by atoms with Crippen molar-refractivity contribution in [1.29, 1.82) is 0 Å². The highest BCUT2D eigenvalue weighted by atomic mass is 32.2. The molecule has 0 aromatic carbocycles. The van der Waals surface area contributed by atoms with E-state index in [0.29, 0.717) is 0 Å². The first-order valence-corrected chi connectivity index (χ1v) is 6.77. The zero-order valence-corrected chi connectivity index (χ0v) is 9.96. The summed E-state index contributed by atoms with van der Waals surface area (Å²) >= 11 is 3.33. The van der Waals surface area contributed by atoms with Gasteiger partial charge in [0, 0.05) is 11.8 Å². The maximum absolute atomic E-state index is 4.31. The van der Waals surface area contributed by atoms with Crippen LogP contribution in [0.25, 0.3) is 0 Å². The second-order valence-corrected chi connectivity index (χ2v) is 5.63. The van der Waals surface area contributed by atoms with E-state index in [1.165, 1.54) is 30.8 Å². The number of nitrogens with zero attached hydrogens (tertiary/aromatic N) is 2. The van der Waals surface area contributed by atoms with Crippen molar-refractivity contribution in [3.63, 3.8) is 0 Å². The van der Waals surface area contributed by atoms with Crippen molar-refractivity contribution in [2.75, 3.05) is 12.3 Å².